The average molecular weight is 1170 g/mol. The van der Waals surface area contributed by atoms with Crippen LogP contribution in [0.2, 0.25) is 0 Å². The molecule has 210 valence electrons. The normalized spacial score (nSPS) is 6.36. The van der Waals surface area contributed by atoms with Gasteiger partial charge >= 0.3 is 0 Å². The van der Waals surface area contributed by atoms with E-state index in [0.717, 1.165) is 26.1 Å². The van der Waals surface area contributed by atoms with Crippen LogP contribution in [0.4, 0.5) is 0 Å². The number of aliphatic hydroxyl groups excluding tert-OH is 6. The molecule has 0 aromatic heterocycles. The summed E-state index contributed by atoms with van der Waals surface area (Å²) >= 11 is 0. The van der Waals surface area contributed by atoms with Crippen molar-refractivity contribution in [2.45, 2.75) is 47.5 Å². The van der Waals surface area contributed by atoms with Crippen LogP contribution in [-0.4, -0.2) is 108 Å². The first-order chi connectivity index (χ1) is 13.7. The van der Waals surface area contributed by atoms with Crippen molar-refractivity contribution in [1.82, 2.24) is 0 Å². The summed E-state index contributed by atoms with van der Waals surface area (Å²) in [6.45, 7) is 21.3. The molecule has 0 atom stereocenters. The monoisotopic (exact) mass is 1170 g/mol. The molecule has 0 bridgehead atoms. The minimum absolute atomic E-state index is 0. The van der Waals surface area contributed by atoms with Gasteiger partial charge in [0.2, 0.25) is 0 Å². The molecule has 0 fully saturated rings. The van der Waals surface area contributed by atoms with Gasteiger partial charge in [-0.3, -0.25) is 0 Å². The Morgan fingerprint density at radius 3 is 0.697 bits per heavy atom. The Hall–Kier alpha value is 2.76. The topological polar surface area (TPSA) is 203 Å². The van der Waals surface area contributed by atoms with Gasteiger partial charge < -0.3 is 71.8 Å². The molecular formula is C20H55O10U3-3. The van der Waals surface area contributed by atoms with E-state index in [1.54, 1.807) is 20.8 Å². The number of aliphatic hydroxyl groups is 6. The van der Waals surface area contributed by atoms with Crippen LogP contribution in [0.1, 0.15) is 47.5 Å². The molecule has 13 heteroatoms. The van der Waals surface area contributed by atoms with Crippen LogP contribution in [0.3, 0.4) is 0 Å². The number of hydrogen-bond donors (Lipinski definition) is 6. The molecule has 0 spiro atoms. The minimum Gasteiger partial charge on any atom is -0.412 e. The maximum absolute atomic E-state index is 8.17. The van der Waals surface area contributed by atoms with E-state index >= 15 is 0 Å². The van der Waals surface area contributed by atoms with Gasteiger partial charge in [-0.15, -0.1) is 0 Å². The van der Waals surface area contributed by atoms with Gasteiger partial charge in [-0.25, -0.2) is 0 Å². The Morgan fingerprint density at radius 2 is 0.606 bits per heavy atom. The van der Waals surface area contributed by atoms with E-state index in [-0.39, 0.29) is 144 Å². The van der Waals surface area contributed by atoms with Crippen molar-refractivity contribution in [2.24, 2.45) is 0 Å². The summed E-state index contributed by atoms with van der Waals surface area (Å²) in [4.78, 5) is 0. The second-order valence-electron chi connectivity index (χ2n) is 3.57. The number of hydrogen-bond acceptors (Lipinski definition) is 8. The van der Waals surface area contributed by atoms with Crippen molar-refractivity contribution < 1.29 is 144 Å². The zero-order valence-electron chi connectivity index (χ0n) is 21.6. The van der Waals surface area contributed by atoms with Crippen molar-refractivity contribution in [2.75, 3.05) is 66.1 Å². The third-order valence-corrected chi connectivity index (χ3v) is 1.37. The molecule has 0 aliphatic heterocycles. The third-order valence-electron chi connectivity index (χ3n) is 1.37. The van der Waals surface area contributed by atoms with E-state index in [2.05, 4.69) is 20.8 Å². The first-order valence-electron chi connectivity index (χ1n) is 9.59. The van der Waals surface area contributed by atoms with Crippen LogP contribution >= 0.6 is 0 Å². The smallest absolute Gasteiger partial charge is 0.0697 e. The Morgan fingerprint density at radius 1 is 0.424 bits per heavy atom. The summed E-state index contributed by atoms with van der Waals surface area (Å²) in [5.41, 5.74) is 0. The molecule has 0 saturated heterocycles. The summed E-state index contributed by atoms with van der Waals surface area (Å²) in [5, 5.41) is 46.8. The van der Waals surface area contributed by atoms with E-state index in [9.17, 15) is 0 Å². The van der Waals surface area contributed by atoms with E-state index in [1.807, 2.05) is 13.8 Å². The molecule has 0 saturated carbocycles. The maximum Gasteiger partial charge on any atom is 0.0697 e. The Balaban J connectivity index is -0.0000000161. The first-order valence-corrected chi connectivity index (χ1v) is 9.59. The van der Waals surface area contributed by atoms with Gasteiger partial charge in [-0.05, 0) is 12.8 Å². The van der Waals surface area contributed by atoms with Gasteiger partial charge in [-0.1, -0.05) is 13.8 Å². The largest absolute Gasteiger partial charge is 0.412 e. The van der Waals surface area contributed by atoms with Gasteiger partial charge in [0, 0.05) is 107 Å². The van der Waals surface area contributed by atoms with E-state index in [4.69, 9.17) is 40.1 Å². The fourth-order valence-electron chi connectivity index (χ4n) is 0.622. The van der Waals surface area contributed by atoms with Gasteiger partial charge in [0.05, 0.1) is 52.9 Å². The molecule has 0 heterocycles. The fraction of sp³-hybridized carbons (Fsp3) is 0.850. The number of rotatable bonds is 10. The summed E-state index contributed by atoms with van der Waals surface area (Å²) in [6, 6.07) is 0. The van der Waals surface area contributed by atoms with E-state index < -0.39 is 0 Å². The predicted molar refractivity (Wildman–Crippen MR) is 125 cm³/mol. The van der Waals surface area contributed by atoms with Crippen LogP contribution < -0.4 is 0 Å². The van der Waals surface area contributed by atoms with Crippen molar-refractivity contribution in [3.05, 3.63) is 20.8 Å². The quantitative estimate of drug-likeness (QED) is 0.126. The second kappa shape index (κ2) is 141. The predicted octanol–water partition coefficient (Wildman–Crippen LogP) is -0.376. The summed E-state index contributed by atoms with van der Waals surface area (Å²) in [7, 11) is 0. The van der Waals surface area contributed by atoms with Crippen molar-refractivity contribution in [3.63, 3.8) is 0 Å². The standard InChI is InChI=1S/2C5H12O2.2C2H6O2.3C2H5.2H2O.3U/c2*1-2-4-7-5-3-6;2*3-1-2-4;3*1-2;;;;;/h2*6H,2-5H2,1H3;2*3-4H,1-2H2;3*1H2,2H3;2*1H2;;;/q;;;;3*-1;;;;;. The van der Waals surface area contributed by atoms with Gasteiger partial charge in [0.15, 0.2) is 0 Å². The van der Waals surface area contributed by atoms with Crippen molar-refractivity contribution in [1.29, 1.82) is 0 Å². The van der Waals surface area contributed by atoms with Gasteiger partial charge in [0.25, 0.3) is 0 Å². The summed E-state index contributed by atoms with van der Waals surface area (Å²) in [5.74, 6) is 0. The van der Waals surface area contributed by atoms with Crippen LogP contribution in [0.5, 0.6) is 0 Å². The third kappa shape index (κ3) is 229. The maximum atomic E-state index is 8.17. The molecule has 0 aromatic rings. The van der Waals surface area contributed by atoms with Crippen LogP contribution in [-0.2, 0) is 9.47 Å². The number of ether oxygens (including phenoxy) is 2. The van der Waals surface area contributed by atoms with E-state index in [0.29, 0.717) is 13.2 Å². The van der Waals surface area contributed by atoms with Crippen LogP contribution in [0, 0.1) is 114 Å². The molecule has 0 aromatic carbocycles. The Kier molecular flexibility index (Phi) is 327. The molecule has 0 rings (SSSR count). The molecular weight excluding hydrogens is 1110 g/mol. The molecule has 0 amide bonds. The van der Waals surface area contributed by atoms with Crippen LogP contribution in [0.15, 0.2) is 0 Å². The van der Waals surface area contributed by atoms with Gasteiger partial charge in [-0.2, -0.15) is 20.8 Å². The molecule has 0 radical (unpaired) electrons. The minimum atomic E-state index is -0.125. The SMILES string of the molecule is CCCOCCO.CCCOCCO.O.O.OCCO.OCCO.[CH2-]C.[CH2-]C.[CH2-]C.[U].[U].[U]. The first kappa shape index (κ1) is 76.5. The molecule has 10 nitrogen and oxygen atoms in total. The molecule has 0 unspecified atom stereocenters. The zero-order valence-corrected chi connectivity index (χ0v) is 34.1. The van der Waals surface area contributed by atoms with Crippen LogP contribution in [0.25, 0.3) is 0 Å². The second-order valence-corrected chi connectivity index (χ2v) is 3.57. The average Bonchev–Trinajstić information content (AvgIpc) is 2.79. The van der Waals surface area contributed by atoms with Crippen molar-refractivity contribution >= 4 is 0 Å². The van der Waals surface area contributed by atoms with E-state index in [1.165, 1.54) is 0 Å². The summed E-state index contributed by atoms with van der Waals surface area (Å²) in [6.07, 6.45) is 2.06. The molecule has 0 aliphatic carbocycles. The fourth-order valence-corrected chi connectivity index (χ4v) is 0.622. The zero-order chi connectivity index (χ0) is 23.9. The molecule has 0 aliphatic rings. The van der Waals surface area contributed by atoms with Gasteiger partial charge in [0.1, 0.15) is 0 Å². The van der Waals surface area contributed by atoms with Crippen molar-refractivity contribution in [3.8, 4) is 0 Å². The Bertz CT molecular complexity index is 123. The Labute approximate surface area is 275 Å². The molecule has 10 N–H and O–H groups in total. The summed E-state index contributed by atoms with van der Waals surface area (Å²) < 4.78 is 9.76. The molecule has 33 heavy (non-hydrogen) atoms.